The molecule has 3 N–H and O–H groups in total. The first-order valence-electron chi connectivity index (χ1n) is 4.52. The SMILES string of the molecule is Nn1nnc2cccc(CCCO)c21. The molecule has 0 radical (unpaired) electrons. The van der Waals surface area contributed by atoms with Gasteiger partial charge in [0.1, 0.15) is 11.0 Å². The number of nitrogens with two attached hydrogens (primary N) is 1. The largest absolute Gasteiger partial charge is 0.396 e. The van der Waals surface area contributed by atoms with Crippen molar-refractivity contribution in [2.75, 3.05) is 12.4 Å². The molecule has 0 aliphatic heterocycles. The van der Waals surface area contributed by atoms with Crippen LogP contribution >= 0.6 is 0 Å². The van der Waals surface area contributed by atoms with Gasteiger partial charge < -0.3 is 10.9 Å². The highest BCUT2D eigenvalue weighted by molar-refractivity contribution is 5.78. The Kier molecular flexibility index (Phi) is 2.32. The summed E-state index contributed by atoms with van der Waals surface area (Å²) in [5, 5.41) is 16.4. The number of aliphatic hydroxyl groups is 1. The van der Waals surface area contributed by atoms with Crippen molar-refractivity contribution >= 4 is 11.0 Å². The lowest BCUT2D eigenvalue weighted by Gasteiger charge is -2.01. The average molecular weight is 192 g/mol. The van der Waals surface area contributed by atoms with Crippen molar-refractivity contribution in [1.82, 2.24) is 15.1 Å². The third kappa shape index (κ3) is 1.42. The summed E-state index contributed by atoms with van der Waals surface area (Å²) in [5.74, 6) is 5.63. The van der Waals surface area contributed by atoms with E-state index in [1.54, 1.807) is 0 Å². The summed E-state index contributed by atoms with van der Waals surface area (Å²) in [4.78, 5) is 1.28. The highest BCUT2D eigenvalue weighted by Crippen LogP contribution is 2.16. The van der Waals surface area contributed by atoms with Crippen LogP contribution in [-0.4, -0.2) is 26.8 Å². The molecule has 1 aromatic heterocycles. The van der Waals surface area contributed by atoms with Crippen molar-refractivity contribution < 1.29 is 5.11 Å². The zero-order valence-corrected chi connectivity index (χ0v) is 7.72. The maximum Gasteiger partial charge on any atom is 0.115 e. The summed E-state index contributed by atoms with van der Waals surface area (Å²) in [7, 11) is 0. The number of aliphatic hydroxyl groups excluding tert-OH is 1. The zero-order valence-electron chi connectivity index (χ0n) is 7.72. The molecule has 0 saturated carbocycles. The minimum Gasteiger partial charge on any atom is -0.396 e. The van der Waals surface area contributed by atoms with Gasteiger partial charge in [0.2, 0.25) is 0 Å². The van der Waals surface area contributed by atoms with Crippen LogP contribution in [0.5, 0.6) is 0 Å². The van der Waals surface area contributed by atoms with Gasteiger partial charge in [0, 0.05) is 6.61 Å². The van der Waals surface area contributed by atoms with Gasteiger partial charge in [-0.3, -0.25) is 0 Å². The molecule has 2 aromatic rings. The summed E-state index contributed by atoms with van der Waals surface area (Å²) in [6, 6.07) is 5.77. The van der Waals surface area contributed by atoms with E-state index in [9.17, 15) is 0 Å². The smallest absolute Gasteiger partial charge is 0.115 e. The Morgan fingerprint density at radius 1 is 1.43 bits per heavy atom. The number of rotatable bonds is 3. The molecule has 0 aliphatic rings. The molecule has 5 nitrogen and oxygen atoms in total. The quantitative estimate of drug-likeness (QED) is 0.675. The number of aryl methyl sites for hydroxylation is 1. The zero-order chi connectivity index (χ0) is 9.97. The van der Waals surface area contributed by atoms with Crippen molar-refractivity contribution in [1.29, 1.82) is 0 Å². The van der Waals surface area contributed by atoms with Gasteiger partial charge in [0.25, 0.3) is 0 Å². The fourth-order valence-electron chi connectivity index (χ4n) is 1.54. The molecular weight excluding hydrogens is 180 g/mol. The van der Waals surface area contributed by atoms with Crippen molar-refractivity contribution in [3.05, 3.63) is 23.8 Å². The normalized spacial score (nSPS) is 10.9. The standard InChI is InChI=1S/C9H12N4O/c10-13-9-7(4-2-6-14)3-1-5-8(9)11-12-13/h1,3,5,14H,2,4,6,10H2. The molecule has 0 unspecified atom stereocenters. The van der Waals surface area contributed by atoms with Crippen LogP contribution < -0.4 is 5.84 Å². The van der Waals surface area contributed by atoms with Gasteiger partial charge in [-0.15, -0.1) is 5.10 Å². The van der Waals surface area contributed by atoms with Crippen LogP contribution in [0, 0.1) is 0 Å². The van der Waals surface area contributed by atoms with Gasteiger partial charge in [-0.05, 0) is 29.7 Å². The van der Waals surface area contributed by atoms with Gasteiger partial charge in [-0.2, -0.15) is 4.79 Å². The number of para-hydroxylation sites is 1. The Labute approximate surface area is 81.1 Å². The van der Waals surface area contributed by atoms with E-state index in [1.165, 1.54) is 4.79 Å². The highest BCUT2D eigenvalue weighted by Gasteiger charge is 2.06. The number of nitrogens with zero attached hydrogens (tertiary/aromatic N) is 3. The topological polar surface area (TPSA) is 77.0 Å². The predicted octanol–water partition coefficient (Wildman–Crippen LogP) is 0.0700. The molecule has 2 rings (SSSR count). The molecule has 0 spiro atoms. The molecule has 0 saturated heterocycles. The Morgan fingerprint density at radius 2 is 2.29 bits per heavy atom. The lowest BCUT2D eigenvalue weighted by Crippen LogP contribution is -2.11. The maximum absolute atomic E-state index is 8.75. The third-order valence-corrected chi connectivity index (χ3v) is 2.18. The number of fused-ring (bicyclic) bond motifs is 1. The minimum absolute atomic E-state index is 0.183. The second kappa shape index (κ2) is 3.63. The number of benzene rings is 1. The minimum atomic E-state index is 0.183. The number of aromatic nitrogens is 3. The van der Waals surface area contributed by atoms with E-state index >= 15 is 0 Å². The fraction of sp³-hybridized carbons (Fsp3) is 0.333. The molecule has 0 fully saturated rings. The Hall–Kier alpha value is -1.62. The van der Waals surface area contributed by atoms with Gasteiger partial charge >= 0.3 is 0 Å². The summed E-state index contributed by atoms with van der Waals surface area (Å²) in [6.07, 6.45) is 1.52. The van der Waals surface area contributed by atoms with E-state index in [1.807, 2.05) is 18.2 Å². The van der Waals surface area contributed by atoms with Crippen molar-refractivity contribution in [2.45, 2.75) is 12.8 Å². The predicted molar refractivity (Wildman–Crippen MR) is 53.1 cm³/mol. The second-order valence-electron chi connectivity index (χ2n) is 3.15. The first-order valence-corrected chi connectivity index (χ1v) is 4.52. The van der Waals surface area contributed by atoms with E-state index in [0.29, 0.717) is 0 Å². The molecule has 1 aromatic carbocycles. The van der Waals surface area contributed by atoms with Gasteiger partial charge in [0.05, 0.1) is 0 Å². The molecular formula is C9H12N4O. The molecule has 74 valence electrons. The first-order chi connectivity index (χ1) is 6.83. The number of hydrogen-bond donors (Lipinski definition) is 2. The van der Waals surface area contributed by atoms with E-state index < -0.39 is 0 Å². The molecule has 0 aliphatic carbocycles. The van der Waals surface area contributed by atoms with E-state index in [2.05, 4.69) is 10.3 Å². The summed E-state index contributed by atoms with van der Waals surface area (Å²) >= 11 is 0. The van der Waals surface area contributed by atoms with Crippen LogP contribution in [0.3, 0.4) is 0 Å². The third-order valence-electron chi connectivity index (χ3n) is 2.18. The molecule has 1 heterocycles. The summed E-state index contributed by atoms with van der Waals surface area (Å²) < 4.78 is 0. The monoisotopic (exact) mass is 192 g/mol. The maximum atomic E-state index is 8.75. The Balaban J connectivity index is 2.46. The molecule has 0 amide bonds. The first kappa shape index (κ1) is 8.96. The highest BCUT2D eigenvalue weighted by atomic mass is 16.2. The molecule has 0 atom stereocenters. The number of nitrogen functional groups attached to an aromatic ring is 1. The summed E-state index contributed by atoms with van der Waals surface area (Å²) in [5.41, 5.74) is 2.72. The van der Waals surface area contributed by atoms with Crippen LogP contribution in [0.25, 0.3) is 11.0 Å². The van der Waals surface area contributed by atoms with E-state index in [0.717, 1.165) is 29.4 Å². The summed E-state index contributed by atoms with van der Waals surface area (Å²) in [6.45, 7) is 0.183. The van der Waals surface area contributed by atoms with Gasteiger partial charge in [0.15, 0.2) is 0 Å². The lowest BCUT2D eigenvalue weighted by atomic mass is 10.1. The molecule has 5 heteroatoms. The van der Waals surface area contributed by atoms with Gasteiger partial charge in [-0.1, -0.05) is 12.1 Å². The van der Waals surface area contributed by atoms with E-state index in [-0.39, 0.29) is 6.61 Å². The molecule has 14 heavy (non-hydrogen) atoms. The van der Waals surface area contributed by atoms with Crippen molar-refractivity contribution in [3.63, 3.8) is 0 Å². The van der Waals surface area contributed by atoms with Crippen LogP contribution in [0.2, 0.25) is 0 Å². The van der Waals surface area contributed by atoms with E-state index in [4.69, 9.17) is 10.9 Å². The van der Waals surface area contributed by atoms with Crippen LogP contribution in [0.1, 0.15) is 12.0 Å². The Bertz CT molecular complexity index is 437. The second-order valence-corrected chi connectivity index (χ2v) is 3.15. The average Bonchev–Trinajstić information content (AvgIpc) is 2.58. The van der Waals surface area contributed by atoms with Crippen LogP contribution in [-0.2, 0) is 6.42 Å². The lowest BCUT2D eigenvalue weighted by molar-refractivity contribution is 0.288. The van der Waals surface area contributed by atoms with Crippen molar-refractivity contribution in [2.24, 2.45) is 0 Å². The van der Waals surface area contributed by atoms with Crippen LogP contribution in [0.15, 0.2) is 18.2 Å². The fourth-order valence-corrected chi connectivity index (χ4v) is 1.54. The molecule has 0 bridgehead atoms. The number of hydrogen-bond acceptors (Lipinski definition) is 4. The van der Waals surface area contributed by atoms with Crippen molar-refractivity contribution in [3.8, 4) is 0 Å². The van der Waals surface area contributed by atoms with Gasteiger partial charge in [-0.25, -0.2) is 0 Å². The Morgan fingerprint density at radius 3 is 3.07 bits per heavy atom. The van der Waals surface area contributed by atoms with Crippen LogP contribution in [0.4, 0.5) is 0 Å².